The molecule has 1 aliphatic heterocycles. The third-order valence-corrected chi connectivity index (χ3v) is 3.98. The van der Waals surface area contributed by atoms with Crippen LogP contribution in [0.4, 0.5) is 0 Å². The lowest BCUT2D eigenvalue weighted by molar-refractivity contribution is 0.0526. The van der Waals surface area contributed by atoms with Gasteiger partial charge in [0.05, 0.1) is 12.7 Å². The Morgan fingerprint density at radius 3 is 3.17 bits per heavy atom. The topological polar surface area (TPSA) is 9.23 Å². The van der Waals surface area contributed by atoms with E-state index in [1.807, 2.05) is 0 Å². The number of hydrogen-bond donors (Lipinski definition) is 0. The van der Waals surface area contributed by atoms with Crippen molar-refractivity contribution in [1.29, 1.82) is 0 Å². The van der Waals surface area contributed by atoms with Crippen molar-refractivity contribution in [3.8, 4) is 0 Å². The first kappa shape index (κ1) is 7.10. The number of ether oxygens (including phenoxy) is 1. The van der Waals surface area contributed by atoms with Crippen molar-refractivity contribution in [2.75, 3.05) is 6.61 Å². The second kappa shape index (κ2) is 2.12. The Labute approximate surface area is 76.4 Å². The zero-order valence-electron chi connectivity index (χ0n) is 6.88. The first-order valence-corrected chi connectivity index (χ1v) is 5.22. The minimum Gasteiger partial charge on any atom is -0.372 e. The van der Waals surface area contributed by atoms with Crippen LogP contribution in [0.1, 0.15) is 29.4 Å². The second-order valence-corrected chi connectivity index (χ2v) is 4.73. The molecule has 0 N–H and O–H groups in total. The maximum atomic E-state index is 5.64. The molecule has 2 heterocycles. The van der Waals surface area contributed by atoms with Gasteiger partial charge in [-0.2, -0.15) is 0 Å². The molecule has 3 rings (SSSR count). The summed E-state index contributed by atoms with van der Waals surface area (Å²) in [6, 6.07) is 2.26. The van der Waals surface area contributed by atoms with Crippen molar-refractivity contribution in [1.82, 2.24) is 0 Å². The zero-order valence-corrected chi connectivity index (χ0v) is 7.69. The minimum absolute atomic E-state index is 0.0891. The normalized spacial score (nSPS) is 30.2. The van der Waals surface area contributed by atoms with Gasteiger partial charge in [0.1, 0.15) is 0 Å². The average Bonchev–Trinajstić information content (AvgIpc) is 2.64. The molecule has 2 heteroatoms. The van der Waals surface area contributed by atoms with Crippen LogP contribution in [-0.2, 0) is 10.2 Å². The van der Waals surface area contributed by atoms with Crippen molar-refractivity contribution >= 4 is 11.3 Å². The maximum absolute atomic E-state index is 5.64. The quantitative estimate of drug-likeness (QED) is 0.595. The summed E-state index contributed by atoms with van der Waals surface area (Å²) in [7, 11) is 0. The molecule has 0 saturated heterocycles. The van der Waals surface area contributed by atoms with Crippen LogP contribution in [0, 0.1) is 6.92 Å². The van der Waals surface area contributed by atoms with Crippen molar-refractivity contribution in [3.63, 3.8) is 0 Å². The molecule has 1 saturated carbocycles. The molecule has 12 heavy (non-hydrogen) atoms. The molecule has 1 aliphatic carbocycles. The van der Waals surface area contributed by atoms with Gasteiger partial charge in [0.25, 0.3) is 0 Å². The third-order valence-electron chi connectivity index (χ3n) is 2.97. The van der Waals surface area contributed by atoms with E-state index in [4.69, 9.17) is 4.74 Å². The largest absolute Gasteiger partial charge is 0.372 e. The SMILES string of the molecule is [CH2]C1OCC2(CC2)c2ccsc21. The van der Waals surface area contributed by atoms with E-state index in [1.165, 1.54) is 23.3 Å². The maximum Gasteiger partial charge on any atom is 0.0921 e. The fraction of sp³-hybridized carbons (Fsp3) is 0.500. The summed E-state index contributed by atoms with van der Waals surface area (Å²) in [4.78, 5) is 1.36. The number of rotatable bonds is 0. The van der Waals surface area contributed by atoms with Gasteiger partial charge in [0.15, 0.2) is 0 Å². The molecule has 1 aromatic rings. The number of thiophene rings is 1. The van der Waals surface area contributed by atoms with E-state index in [0.717, 1.165) is 6.61 Å². The van der Waals surface area contributed by atoms with Crippen molar-refractivity contribution < 1.29 is 4.74 Å². The van der Waals surface area contributed by atoms with Gasteiger partial charge in [0.2, 0.25) is 0 Å². The van der Waals surface area contributed by atoms with Crippen molar-refractivity contribution in [3.05, 3.63) is 28.8 Å². The Morgan fingerprint density at radius 1 is 1.58 bits per heavy atom. The highest BCUT2D eigenvalue weighted by atomic mass is 32.1. The number of hydrogen-bond acceptors (Lipinski definition) is 2. The van der Waals surface area contributed by atoms with Crippen LogP contribution in [0.5, 0.6) is 0 Å². The monoisotopic (exact) mass is 179 g/mol. The highest BCUT2D eigenvalue weighted by Crippen LogP contribution is 2.55. The molecule has 1 fully saturated rings. The molecule has 1 spiro atoms. The fourth-order valence-corrected chi connectivity index (χ4v) is 2.97. The molecule has 0 aromatic carbocycles. The Hall–Kier alpha value is -0.340. The highest BCUT2D eigenvalue weighted by Gasteiger charge is 2.49. The van der Waals surface area contributed by atoms with Gasteiger partial charge in [0, 0.05) is 10.3 Å². The standard InChI is InChI=1S/C10H11OS/c1-7-9-8(2-5-12-9)10(3-4-10)6-11-7/h2,5,7H,1,3-4,6H2. The van der Waals surface area contributed by atoms with Crippen LogP contribution in [0.15, 0.2) is 11.4 Å². The first-order valence-electron chi connectivity index (χ1n) is 4.34. The molecule has 0 bridgehead atoms. The Kier molecular flexibility index (Phi) is 1.25. The van der Waals surface area contributed by atoms with Gasteiger partial charge in [-0.25, -0.2) is 0 Å². The lowest BCUT2D eigenvalue weighted by Crippen LogP contribution is -2.23. The molecule has 1 aromatic heterocycles. The molecule has 1 atom stereocenters. The predicted molar refractivity (Wildman–Crippen MR) is 49.3 cm³/mol. The minimum atomic E-state index is 0.0891. The van der Waals surface area contributed by atoms with Crippen LogP contribution >= 0.6 is 11.3 Å². The van der Waals surface area contributed by atoms with Gasteiger partial charge in [-0.05, 0) is 36.8 Å². The summed E-state index contributed by atoms with van der Waals surface area (Å²) in [5.74, 6) is 0. The van der Waals surface area contributed by atoms with E-state index in [2.05, 4.69) is 18.4 Å². The summed E-state index contributed by atoms with van der Waals surface area (Å²) in [5, 5.41) is 2.16. The highest BCUT2D eigenvalue weighted by molar-refractivity contribution is 7.10. The van der Waals surface area contributed by atoms with Crippen LogP contribution in [-0.4, -0.2) is 6.61 Å². The van der Waals surface area contributed by atoms with E-state index < -0.39 is 0 Å². The van der Waals surface area contributed by atoms with Gasteiger partial charge in [-0.3, -0.25) is 0 Å². The fourth-order valence-electron chi connectivity index (χ4n) is 1.99. The van der Waals surface area contributed by atoms with Gasteiger partial charge in [-0.1, -0.05) is 0 Å². The molecular weight excluding hydrogens is 168 g/mol. The zero-order chi connectivity index (χ0) is 8.18. The van der Waals surface area contributed by atoms with Crippen molar-refractivity contribution in [2.24, 2.45) is 0 Å². The van der Waals surface area contributed by atoms with E-state index in [-0.39, 0.29) is 6.10 Å². The third kappa shape index (κ3) is 0.771. The van der Waals surface area contributed by atoms with Crippen LogP contribution in [0.3, 0.4) is 0 Å². The van der Waals surface area contributed by atoms with E-state index in [0.29, 0.717) is 5.41 Å². The van der Waals surface area contributed by atoms with Crippen molar-refractivity contribution in [2.45, 2.75) is 24.4 Å². The summed E-state index contributed by atoms with van der Waals surface area (Å²) in [6.45, 7) is 4.89. The Balaban J connectivity index is 2.14. The Bertz CT molecular complexity index is 311. The van der Waals surface area contributed by atoms with Crippen LogP contribution in [0.25, 0.3) is 0 Å². The first-order chi connectivity index (χ1) is 5.82. The summed E-state index contributed by atoms with van der Waals surface area (Å²) >= 11 is 1.79. The van der Waals surface area contributed by atoms with E-state index >= 15 is 0 Å². The Morgan fingerprint density at radius 2 is 2.42 bits per heavy atom. The van der Waals surface area contributed by atoms with E-state index in [9.17, 15) is 0 Å². The van der Waals surface area contributed by atoms with Crippen LogP contribution in [0.2, 0.25) is 0 Å². The van der Waals surface area contributed by atoms with E-state index in [1.54, 1.807) is 11.3 Å². The predicted octanol–water partition coefficient (Wildman–Crippen LogP) is 2.69. The molecule has 0 amide bonds. The smallest absolute Gasteiger partial charge is 0.0921 e. The summed E-state index contributed by atoms with van der Waals surface area (Å²) in [6.07, 6.45) is 2.71. The summed E-state index contributed by atoms with van der Waals surface area (Å²) in [5.41, 5.74) is 1.95. The molecule has 63 valence electrons. The average molecular weight is 179 g/mol. The molecule has 2 aliphatic rings. The molecule has 1 nitrogen and oxygen atoms in total. The molecule has 1 unspecified atom stereocenters. The molecular formula is C10H11OS. The lowest BCUT2D eigenvalue weighted by Gasteiger charge is -2.26. The molecule has 1 radical (unpaired) electrons. The van der Waals surface area contributed by atoms with Gasteiger partial charge in [-0.15, -0.1) is 11.3 Å². The number of fused-ring (bicyclic) bond motifs is 2. The van der Waals surface area contributed by atoms with Crippen LogP contribution < -0.4 is 0 Å². The summed E-state index contributed by atoms with van der Waals surface area (Å²) < 4.78 is 5.64. The van der Waals surface area contributed by atoms with Gasteiger partial charge >= 0.3 is 0 Å². The lowest BCUT2D eigenvalue weighted by atomic mass is 9.94. The second-order valence-electron chi connectivity index (χ2n) is 3.78. The van der Waals surface area contributed by atoms with Gasteiger partial charge < -0.3 is 4.74 Å².